The van der Waals surface area contributed by atoms with Crippen molar-refractivity contribution in [1.29, 1.82) is 0 Å². The zero-order chi connectivity index (χ0) is 25.1. The van der Waals surface area contributed by atoms with Gasteiger partial charge >= 0.3 is 0 Å². The van der Waals surface area contributed by atoms with Crippen molar-refractivity contribution < 1.29 is 9.53 Å². The average molecular weight is 477 g/mol. The summed E-state index contributed by atoms with van der Waals surface area (Å²) >= 11 is 0. The molecule has 4 rings (SSSR count). The molecule has 0 aliphatic rings. The van der Waals surface area contributed by atoms with E-state index in [-0.39, 0.29) is 11.4 Å². The van der Waals surface area contributed by atoms with Crippen LogP contribution in [0.2, 0.25) is 0 Å². The van der Waals surface area contributed by atoms with Gasteiger partial charge in [0.1, 0.15) is 17.7 Å². The molecule has 12 heteroatoms. The maximum Gasteiger partial charge on any atom is 0.254 e. The van der Waals surface area contributed by atoms with Gasteiger partial charge in [-0.2, -0.15) is 15.2 Å². The Morgan fingerprint density at radius 2 is 1.97 bits per heavy atom. The molecule has 0 saturated carbocycles. The van der Waals surface area contributed by atoms with Crippen LogP contribution in [0.4, 0.5) is 23.1 Å². The van der Waals surface area contributed by atoms with Crippen molar-refractivity contribution in [3.63, 3.8) is 0 Å². The normalized spacial score (nSPS) is 10.9. The number of benzene rings is 1. The van der Waals surface area contributed by atoms with Crippen LogP contribution in [0.25, 0.3) is 11.4 Å². The van der Waals surface area contributed by atoms with Crippen LogP contribution in [0.15, 0.2) is 30.7 Å². The highest BCUT2D eigenvalue weighted by molar-refractivity contribution is 5.98. The molecular formula is C23H28N10O2. The second-order valence-electron chi connectivity index (χ2n) is 7.97. The van der Waals surface area contributed by atoms with Gasteiger partial charge in [0, 0.05) is 19.8 Å². The van der Waals surface area contributed by atoms with E-state index in [9.17, 15) is 4.79 Å². The molecule has 0 bridgehead atoms. The molecule has 0 radical (unpaired) electrons. The number of aryl methyl sites for hydroxylation is 3. The molecule has 0 atom stereocenters. The van der Waals surface area contributed by atoms with Crippen molar-refractivity contribution in [3.05, 3.63) is 47.7 Å². The van der Waals surface area contributed by atoms with Gasteiger partial charge in [-0.05, 0) is 32.4 Å². The number of aromatic nitrogens is 7. The number of nitrogens with two attached hydrogens (primary N) is 1. The lowest BCUT2D eigenvalue weighted by Crippen LogP contribution is -2.16. The maximum absolute atomic E-state index is 12.1. The van der Waals surface area contributed by atoms with Crippen LogP contribution in [-0.4, -0.2) is 47.5 Å². The van der Waals surface area contributed by atoms with E-state index in [2.05, 4.69) is 42.7 Å². The van der Waals surface area contributed by atoms with Crippen molar-refractivity contribution in [3.8, 4) is 17.1 Å². The molecule has 0 saturated heterocycles. The molecular weight excluding hydrogens is 448 g/mol. The van der Waals surface area contributed by atoms with Gasteiger partial charge in [0.25, 0.3) is 5.91 Å². The van der Waals surface area contributed by atoms with E-state index >= 15 is 0 Å². The molecule has 1 amide bonds. The zero-order valence-electron chi connectivity index (χ0n) is 20.3. The number of nitrogens with one attached hydrogen (secondary N) is 2. The van der Waals surface area contributed by atoms with Gasteiger partial charge < -0.3 is 21.1 Å². The summed E-state index contributed by atoms with van der Waals surface area (Å²) in [5.74, 6) is 0.860. The molecule has 0 fully saturated rings. The number of anilines is 4. The first kappa shape index (κ1) is 23.7. The highest BCUT2D eigenvalue weighted by Gasteiger charge is 2.19. The second-order valence-corrected chi connectivity index (χ2v) is 7.97. The van der Waals surface area contributed by atoms with Gasteiger partial charge in [-0.15, -0.1) is 0 Å². The molecule has 12 nitrogen and oxygen atoms in total. The van der Waals surface area contributed by atoms with Gasteiger partial charge in [0.05, 0.1) is 35.4 Å². The number of ether oxygens (including phenoxy) is 1. The summed E-state index contributed by atoms with van der Waals surface area (Å²) < 4.78 is 9.21. The topological polar surface area (TPSA) is 151 Å². The molecule has 3 heterocycles. The monoisotopic (exact) mass is 476 g/mol. The van der Waals surface area contributed by atoms with Crippen LogP contribution in [0.1, 0.15) is 35.1 Å². The number of rotatable bonds is 9. The van der Waals surface area contributed by atoms with Gasteiger partial charge in [-0.1, -0.05) is 13.0 Å². The van der Waals surface area contributed by atoms with Crippen molar-refractivity contribution in [1.82, 2.24) is 34.5 Å². The molecule has 4 N–H and O–H groups in total. The first-order chi connectivity index (χ1) is 16.8. The Morgan fingerprint density at radius 1 is 1.17 bits per heavy atom. The SMILES string of the molecule is CCCn1nc(C)c(Nc2ncc(C(N)=O)c(Nc3cccc(-c4ncn(C)n4)c3OC)n2)c1C. The molecule has 4 aromatic rings. The Balaban J connectivity index is 1.72. The molecule has 182 valence electrons. The fourth-order valence-corrected chi connectivity index (χ4v) is 3.76. The van der Waals surface area contributed by atoms with Crippen LogP contribution in [0, 0.1) is 13.8 Å². The van der Waals surface area contributed by atoms with Crippen LogP contribution < -0.4 is 21.1 Å². The van der Waals surface area contributed by atoms with Gasteiger partial charge in [0.2, 0.25) is 5.95 Å². The predicted octanol–water partition coefficient (Wildman–Crippen LogP) is 3.09. The van der Waals surface area contributed by atoms with Gasteiger partial charge in [-0.3, -0.25) is 14.2 Å². The van der Waals surface area contributed by atoms with E-state index in [0.29, 0.717) is 28.8 Å². The minimum Gasteiger partial charge on any atom is -0.494 e. The number of hydrogen-bond acceptors (Lipinski definition) is 9. The van der Waals surface area contributed by atoms with Crippen molar-refractivity contribution in [2.75, 3.05) is 17.7 Å². The largest absolute Gasteiger partial charge is 0.494 e. The van der Waals surface area contributed by atoms with Gasteiger partial charge in [0.15, 0.2) is 11.6 Å². The predicted molar refractivity (Wildman–Crippen MR) is 132 cm³/mol. The molecule has 0 aliphatic carbocycles. The minimum atomic E-state index is -0.663. The highest BCUT2D eigenvalue weighted by atomic mass is 16.5. The first-order valence-corrected chi connectivity index (χ1v) is 11.1. The molecule has 35 heavy (non-hydrogen) atoms. The summed E-state index contributed by atoms with van der Waals surface area (Å²) in [6.07, 6.45) is 3.96. The van der Waals surface area contributed by atoms with Crippen molar-refractivity contribution in [2.24, 2.45) is 12.8 Å². The van der Waals surface area contributed by atoms with Gasteiger partial charge in [-0.25, -0.2) is 9.97 Å². The number of carbonyl (C=O) groups excluding carboxylic acids is 1. The van der Waals surface area contributed by atoms with Crippen LogP contribution in [0.5, 0.6) is 5.75 Å². The number of primary amides is 1. The fourth-order valence-electron chi connectivity index (χ4n) is 3.76. The Labute approximate surface area is 202 Å². The molecule has 0 aliphatic heterocycles. The van der Waals surface area contributed by atoms with E-state index < -0.39 is 5.91 Å². The summed E-state index contributed by atoms with van der Waals surface area (Å²) in [5, 5.41) is 15.3. The Bertz CT molecular complexity index is 1370. The first-order valence-electron chi connectivity index (χ1n) is 11.1. The lowest BCUT2D eigenvalue weighted by molar-refractivity contribution is 0.100. The smallest absolute Gasteiger partial charge is 0.254 e. The van der Waals surface area contributed by atoms with Crippen LogP contribution >= 0.6 is 0 Å². The molecule has 0 spiro atoms. The molecule has 0 unspecified atom stereocenters. The Kier molecular flexibility index (Phi) is 6.62. The lowest BCUT2D eigenvalue weighted by atomic mass is 10.1. The standard InChI is InChI=1S/C23H28N10O2/c1-6-10-33-14(3)18(13(2)30-33)28-23-25-11-16(20(24)34)22(29-23)27-17-9-7-8-15(19(17)35-5)21-26-12-32(4)31-21/h7-9,11-12H,6,10H2,1-5H3,(H2,24,34)(H2,25,27,28,29). The third kappa shape index (κ3) is 4.76. The maximum atomic E-state index is 12.1. The summed E-state index contributed by atoms with van der Waals surface area (Å²) in [5.41, 5.74) is 9.59. The van der Waals surface area contributed by atoms with Crippen molar-refractivity contribution in [2.45, 2.75) is 33.7 Å². The van der Waals surface area contributed by atoms with E-state index in [4.69, 9.17) is 10.5 Å². The summed E-state index contributed by atoms with van der Waals surface area (Å²) in [7, 11) is 3.34. The van der Waals surface area contributed by atoms with Crippen LogP contribution in [0.3, 0.4) is 0 Å². The number of methoxy groups -OCH3 is 1. The second kappa shape index (κ2) is 9.79. The Morgan fingerprint density at radius 3 is 2.63 bits per heavy atom. The van der Waals surface area contributed by atoms with E-state index in [0.717, 1.165) is 30.0 Å². The highest BCUT2D eigenvalue weighted by Crippen LogP contribution is 2.36. The lowest BCUT2D eigenvalue weighted by Gasteiger charge is -2.15. The summed E-state index contributed by atoms with van der Waals surface area (Å²) in [6, 6.07) is 5.48. The zero-order valence-corrected chi connectivity index (χ0v) is 20.3. The quantitative estimate of drug-likeness (QED) is 0.331. The molecule has 3 aromatic heterocycles. The van der Waals surface area contributed by atoms with Crippen LogP contribution in [-0.2, 0) is 13.6 Å². The number of para-hydroxylation sites is 1. The minimum absolute atomic E-state index is 0.133. The summed E-state index contributed by atoms with van der Waals surface area (Å²) in [6.45, 7) is 6.81. The number of hydrogen-bond donors (Lipinski definition) is 3. The summed E-state index contributed by atoms with van der Waals surface area (Å²) in [4.78, 5) is 25.3. The molecule has 1 aromatic carbocycles. The number of nitrogens with zero attached hydrogens (tertiary/aromatic N) is 7. The van der Waals surface area contributed by atoms with E-state index in [1.54, 1.807) is 31.2 Å². The fraction of sp³-hybridized carbons (Fsp3) is 0.304. The van der Waals surface area contributed by atoms with E-state index in [1.165, 1.54) is 6.20 Å². The van der Waals surface area contributed by atoms with Crippen molar-refractivity contribution >= 4 is 29.0 Å². The third-order valence-corrected chi connectivity index (χ3v) is 5.42. The number of carbonyl (C=O) groups is 1. The third-order valence-electron chi connectivity index (χ3n) is 5.42. The number of amides is 1. The average Bonchev–Trinajstić information content (AvgIpc) is 3.37. The van der Waals surface area contributed by atoms with E-state index in [1.807, 2.05) is 30.7 Å². The Hall–Kier alpha value is -4.48.